The molecule has 0 fully saturated rings. The van der Waals surface area contributed by atoms with Gasteiger partial charge in [-0.25, -0.2) is 13.8 Å². The number of hydrogen-bond donors (Lipinski definition) is 2. The maximum atomic E-state index is 13.4. The molecule has 3 N–H and O–H groups in total. The van der Waals surface area contributed by atoms with Crippen molar-refractivity contribution in [1.82, 2.24) is 4.98 Å². The summed E-state index contributed by atoms with van der Waals surface area (Å²) in [6.07, 6.45) is 0. The van der Waals surface area contributed by atoms with E-state index >= 15 is 0 Å². The van der Waals surface area contributed by atoms with E-state index in [-0.39, 0.29) is 10.7 Å². The van der Waals surface area contributed by atoms with Gasteiger partial charge in [0.15, 0.2) is 0 Å². The molecular weight excluding hydrogens is 262 g/mol. The number of alkyl halides is 2. The molecule has 0 radical (unpaired) electrons. The maximum absolute atomic E-state index is 13.4. The smallest absolute Gasteiger partial charge is 0.289 e. The Labute approximate surface area is 107 Å². The lowest BCUT2D eigenvalue weighted by molar-refractivity contribution is -0.0711. The second-order valence-electron chi connectivity index (χ2n) is 3.96. The van der Waals surface area contributed by atoms with Gasteiger partial charge in [-0.1, -0.05) is 29.8 Å². The average Bonchev–Trinajstić information content (AvgIpc) is 2.37. The van der Waals surface area contributed by atoms with Crippen LogP contribution in [0.4, 0.5) is 8.78 Å². The minimum absolute atomic E-state index is 0.0226. The lowest BCUT2D eigenvalue weighted by Crippen LogP contribution is -2.36. The molecule has 1 aromatic heterocycles. The number of halogens is 3. The van der Waals surface area contributed by atoms with Gasteiger partial charge in [0.05, 0.1) is 11.6 Å². The summed E-state index contributed by atoms with van der Waals surface area (Å²) in [7, 11) is 0. The molecule has 96 valence electrons. The van der Waals surface area contributed by atoms with E-state index < -0.39 is 18.6 Å². The quantitative estimate of drug-likeness (QED) is 0.844. The van der Waals surface area contributed by atoms with Crippen LogP contribution in [0.2, 0.25) is 5.15 Å². The van der Waals surface area contributed by atoms with Crippen LogP contribution in [0.3, 0.4) is 0 Å². The van der Waals surface area contributed by atoms with Gasteiger partial charge in [-0.3, -0.25) is 0 Å². The van der Waals surface area contributed by atoms with Gasteiger partial charge in [0, 0.05) is 10.9 Å². The van der Waals surface area contributed by atoms with Crippen LogP contribution in [0.25, 0.3) is 10.9 Å². The van der Waals surface area contributed by atoms with Crippen LogP contribution in [0, 0.1) is 0 Å². The van der Waals surface area contributed by atoms with Crippen molar-refractivity contribution in [2.45, 2.75) is 12.0 Å². The van der Waals surface area contributed by atoms with Crippen molar-refractivity contribution >= 4 is 22.5 Å². The highest BCUT2D eigenvalue weighted by Crippen LogP contribution is 2.33. The van der Waals surface area contributed by atoms with E-state index in [9.17, 15) is 8.78 Å². The van der Waals surface area contributed by atoms with E-state index in [1.807, 2.05) is 0 Å². The Hall–Kier alpha value is -1.30. The minimum Gasteiger partial charge on any atom is -0.390 e. The Balaban J connectivity index is 2.54. The molecule has 0 aliphatic heterocycles. The third-order valence-electron chi connectivity index (χ3n) is 2.71. The average molecular weight is 273 g/mol. The predicted molar refractivity (Wildman–Crippen MR) is 65.7 cm³/mol. The van der Waals surface area contributed by atoms with Crippen LogP contribution < -0.4 is 5.73 Å². The second-order valence-corrected chi connectivity index (χ2v) is 4.32. The summed E-state index contributed by atoms with van der Waals surface area (Å²) in [5, 5.41) is 9.23. The molecule has 0 amide bonds. The van der Waals surface area contributed by atoms with Crippen molar-refractivity contribution in [3.63, 3.8) is 0 Å². The van der Waals surface area contributed by atoms with E-state index in [1.54, 1.807) is 24.3 Å². The van der Waals surface area contributed by atoms with E-state index in [0.29, 0.717) is 10.9 Å². The lowest BCUT2D eigenvalue weighted by Gasteiger charge is -2.22. The summed E-state index contributed by atoms with van der Waals surface area (Å²) < 4.78 is 26.7. The van der Waals surface area contributed by atoms with Gasteiger partial charge in [-0.05, 0) is 12.1 Å². The van der Waals surface area contributed by atoms with Gasteiger partial charge in [0.2, 0.25) is 0 Å². The molecule has 0 aliphatic rings. The molecule has 0 saturated carbocycles. The van der Waals surface area contributed by atoms with Gasteiger partial charge in [0.25, 0.3) is 5.92 Å². The number of hydrogen-bond acceptors (Lipinski definition) is 3. The molecule has 6 heteroatoms. The largest absolute Gasteiger partial charge is 0.390 e. The number of nitrogens with two attached hydrogens (primary N) is 1. The molecule has 1 aromatic carbocycles. The molecule has 0 unspecified atom stereocenters. The fraction of sp³-hybridized carbons (Fsp3) is 0.250. The standard InChI is InChI=1S/C12H11ClF2N2O/c13-11-8(10(16)12(14,15)6-18)5-7-3-1-2-4-9(7)17-11/h1-5,10,18H,6,16H2/t10-/m1/s1. The molecule has 0 saturated heterocycles. The molecule has 18 heavy (non-hydrogen) atoms. The van der Waals surface area contributed by atoms with Gasteiger partial charge in [-0.2, -0.15) is 0 Å². The first-order valence-electron chi connectivity index (χ1n) is 5.25. The maximum Gasteiger partial charge on any atom is 0.289 e. The SMILES string of the molecule is N[C@H](c1cc2ccccc2nc1Cl)C(F)(F)CO. The molecule has 2 rings (SSSR count). The highest BCUT2D eigenvalue weighted by atomic mass is 35.5. The fourth-order valence-corrected chi connectivity index (χ4v) is 1.92. The Morgan fingerprint density at radius 3 is 2.72 bits per heavy atom. The molecule has 1 atom stereocenters. The molecule has 3 nitrogen and oxygen atoms in total. The van der Waals surface area contributed by atoms with Crippen LogP contribution >= 0.6 is 11.6 Å². The van der Waals surface area contributed by atoms with Gasteiger partial charge in [0.1, 0.15) is 11.8 Å². The lowest BCUT2D eigenvalue weighted by atomic mass is 10.0. The highest BCUT2D eigenvalue weighted by molar-refractivity contribution is 6.30. The van der Waals surface area contributed by atoms with Crippen LogP contribution in [-0.4, -0.2) is 22.6 Å². The summed E-state index contributed by atoms with van der Waals surface area (Å²) in [4.78, 5) is 4.01. The zero-order valence-electron chi connectivity index (χ0n) is 9.28. The number of pyridine rings is 1. The Bertz CT molecular complexity index is 577. The number of para-hydroxylation sites is 1. The monoisotopic (exact) mass is 272 g/mol. The highest BCUT2D eigenvalue weighted by Gasteiger charge is 2.38. The minimum atomic E-state index is -3.44. The summed E-state index contributed by atoms with van der Waals surface area (Å²) in [5.74, 6) is -3.44. The van der Waals surface area contributed by atoms with Crippen LogP contribution in [0.1, 0.15) is 11.6 Å². The first-order chi connectivity index (χ1) is 8.45. The van der Waals surface area contributed by atoms with Gasteiger partial charge >= 0.3 is 0 Å². The second kappa shape index (κ2) is 4.76. The van der Waals surface area contributed by atoms with Crippen molar-refractivity contribution in [3.05, 3.63) is 41.0 Å². The van der Waals surface area contributed by atoms with Gasteiger partial charge in [-0.15, -0.1) is 0 Å². The van der Waals surface area contributed by atoms with E-state index in [4.69, 9.17) is 22.4 Å². The van der Waals surface area contributed by atoms with E-state index in [2.05, 4.69) is 4.98 Å². The Kier molecular flexibility index (Phi) is 3.47. The molecule has 0 bridgehead atoms. The number of aliphatic hydroxyl groups excluding tert-OH is 1. The first kappa shape index (κ1) is 13.1. The van der Waals surface area contributed by atoms with E-state index in [1.165, 1.54) is 6.07 Å². The molecule has 1 heterocycles. The molecule has 2 aromatic rings. The number of aliphatic hydroxyl groups is 1. The van der Waals surface area contributed by atoms with Crippen molar-refractivity contribution < 1.29 is 13.9 Å². The summed E-state index contributed by atoms with van der Waals surface area (Å²) in [6, 6.07) is 6.77. The van der Waals surface area contributed by atoms with Crippen LogP contribution in [-0.2, 0) is 0 Å². The first-order valence-corrected chi connectivity index (χ1v) is 5.63. The van der Waals surface area contributed by atoms with Crippen LogP contribution in [0.5, 0.6) is 0 Å². The fourth-order valence-electron chi connectivity index (χ4n) is 1.65. The predicted octanol–water partition coefficient (Wildman–Crippen LogP) is 2.52. The number of rotatable bonds is 3. The zero-order chi connectivity index (χ0) is 13.3. The third kappa shape index (κ3) is 2.29. The molecule has 0 aliphatic carbocycles. The van der Waals surface area contributed by atoms with Crippen molar-refractivity contribution in [2.24, 2.45) is 5.73 Å². The summed E-state index contributed by atoms with van der Waals surface area (Å²) >= 11 is 5.86. The number of fused-ring (bicyclic) bond motifs is 1. The van der Waals surface area contributed by atoms with Crippen molar-refractivity contribution in [2.75, 3.05) is 6.61 Å². The molecule has 0 spiro atoms. The zero-order valence-corrected chi connectivity index (χ0v) is 10.0. The van der Waals surface area contributed by atoms with Crippen molar-refractivity contribution in [1.29, 1.82) is 0 Å². The van der Waals surface area contributed by atoms with Crippen LogP contribution in [0.15, 0.2) is 30.3 Å². The normalized spacial score (nSPS) is 13.8. The number of benzene rings is 1. The Morgan fingerprint density at radius 2 is 2.06 bits per heavy atom. The summed E-state index contributed by atoms with van der Waals surface area (Å²) in [5.41, 5.74) is 6.07. The number of nitrogens with zero attached hydrogens (tertiary/aromatic N) is 1. The number of aromatic nitrogens is 1. The van der Waals surface area contributed by atoms with Gasteiger partial charge < -0.3 is 10.8 Å². The van der Waals surface area contributed by atoms with E-state index in [0.717, 1.165) is 0 Å². The molecular formula is C12H11ClF2N2O. The summed E-state index contributed by atoms with van der Waals surface area (Å²) in [6.45, 7) is -1.34. The topological polar surface area (TPSA) is 59.1 Å². The Morgan fingerprint density at radius 1 is 1.39 bits per heavy atom. The van der Waals surface area contributed by atoms with Crippen molar-refractivity contribution in [3.8, 4) is 0 Å². The third-order valence-corrected chi connectivity index (χ3v) is 3.01.